The first kappa shape index (κ1) is 18.6. The number of benzene rings is 1. The number of nitrogens with one attached hydrogen (secondary N) is 1. The van der Waals surface area contributed by atoms with Crippen LogP contribution in [0.5, 0.6) is 0 Å². The SMILES string of the molecule is O=C(O)CCCCCCCCC(=O)O.c1ccc2[nH]nnc2c1. The van der Waals surface area contributed by atoms with E-state index >= 15 is 0 Å². The van der Waals surface area contributed by atoms with Crippen molar-refractivity contribution in [3.05, 3.63) is 24.3 Å². The van der Waals surface area contributed by atoms with Crippen LogP contribution in [0.2, 0.25) is 0 Å². The summed E-state index contributed by atoms with van der Waals surface area (Å²) >= 11 is 0. The van der Waals surface area contributed by atoms with E-state index < -0.39 is 11.9 Å². The van der Waals surface area contributed by atoms with Gasteiger partial charge in [0.15, 0.2) is 0 Å². The van der Waals surface area contributed by atoms with Gasteiger partial charge in [0.05, 0.1) is 5.52 Å². The van der Waals surface area contributed by atoms with Gasteiger partial charge in [-0.1, -0.05) is 43.0 Å². The summed E-state index contributed by atoms with van der Waals surface area (Å²) in [6, 6.07) is 7.74. The maximum absolute atomic E-state index is 10.1. The molecule has 1 heterocycles. The van der Waals surface area contributed by atoms with Crippen LogP contribution < -0.4 is 0 Å². The number of aromatic nitrogens is 3. The Morgan fingerprint density at radius 2 is 1.39 bits per heavy atom. The van der Waals surface area contributed by atoms with Crippen LogP contribution >= 0.6 is 0 Å². The lowest BCUT2D eigenvalue weighted by Gasteiger charge is -1.98. The molecule has 0 amide bonds. The molecule has 0 atom stereocenters. The molecule has 3 N–H and O–H groups in total. The second-order valence-electron chi connectivity index (χ2n) is 5.24. The van der Waals surface area contributed by atoms with Crippen LogP contribution in [-0.4, -0.2) is 37.6 Å². The van der Waals surface area contributed by atoms with Gasteiger partial charge in [0, 0.05) is 12.8 Å². The molecule has 0 aliphatic heterocycles. The number of para-hydroxylation sites is 1. The van der Waals surface area contributed by atoms with Crippen molar-refractivity contribution in [1.82, 2.24) is 15.4 Å². The summed E-state index contributed by atoms with van der Waals surface area (Å²) in [5.41, 5.74) is 1.90. The second kappa shape index (κ2) is 11.2. The van der Waals surface area contributed by atoms with Gasteiger partial charge in [-0.05, 0) is 25.0 Å². The minimum Gasteiger partial charge on any atom is -0.481 e. The van der Waals surface area contributed by atoms with Gasteiger partial charge in [-0.2, -0.15) is 0 Å². The van der Waals surface area contributed by atoms with Crippen molar-refractivity contribution >= 4 is 23.0 Å². The molecule has 0 fully saturated rings. The summed E-state index contributed by atoms with van der Waals surface area (Å²) in [7, 11) is 0. The van der Waals surface area contributed by atoms with Crippen molar-refractivity contribution < 1.29 is 19.8 Å². The monoisotopic (exact) mass is 321 g/mol. The molecule has 0 unspecified atom stereocenters. The molecule has 7 nitrogen and oxygen atoms in total. The number of aliphatic carboxylic acids is 2. The Balaban J connectivity index is 0.000000248. The van der Waals surface area contributed by atoms with Crippen molar-refractivity contribution in [2.75, 3.05) is 0 Å². The molecule has 0 saturated carbocycles. The number of hydrogen-bond acceptors (Lipinski definition) is 4. The van der Waals surface area contributed by atoms with Gasteiger partial charge < -0.3 is 10.2 Å². The van der Waals surface area contributed by atoms with Crippen LogP contribution in [0.3, 0.4) is 0 Å². The van der Waals surface area contributed by atoms with E-state index in [4.69, 9.17) is 10.2 Å². The van der Waals surface area contributed by atoms with Crippen molar-refractivity contribution in [2.45, 2.75) is 51.4 Å². The topological polar surface area (TPSA) is 116 Å². The molecule has 7 heteroatoms. The van der Waals surface area contributed by atoms with E-state index in [1.165, 1.54) is 0 Å². The van der Waals surface area contributed by atoms with E-state index in [1.807, 2.05) is 24.3 Å². The quantitative estimate of drug-likeness (QED) is 0.610. The molecule has 1 aromatic carbocycles. The number of rotatable bonds is 9. The summed E-state index contributed by atoms with van der Waals surface area (Å²) in [6.07, 6.45) is 5.82. The molecular formula is C16H23N3O4. The number of H-pyrrole nitrogens is 1. The van der Waals surface area contributed by atoms with Gasteiger partial charge in [0.2, 0.25) is 0 Å². The summed E-state index contributed by atoms with van der Waals surface area (Å²) in [5.74, 6) is -1.48. The van der Waals surface area contributed by atoms with Gasteiger partial charge in [0.1, 0.15) is 5.52 Å². The highest BCUT2D eigenvalue weighted by atomic mass is 16.4. The zero-order valence-corrected chi connectivity index (χ0v) is 13.1. The second-order valence-corrected chi connectivity index (χ2v) is 5.24. The van der Waals surface area contributed by atoms with Crippen molar-refractivity contribution in [3.63, 3.8) is 0 Å². The molecule has 126 valence electrons. The fourth-order valence-electron chi connectivity index (χ4n) is 2.05. The predicted molar refractivity (Wildman–Crippen MR) is 86.1 cm³/mol. The average molecular weight is 321 g/mol. The Kier molecular flexibility index (Phi) is 9.04. The van der Waals surface area contributed by atoms with Gasteiger partial charge in [-0.25, -0.2) is 0 Å². The number of carbonyl (C=O) groups is 2. The Bertz CT molecular complexity index is 548. The fraction of sp³-hybridized carbons (Fsp3) is 0.500. The number of unbranched alkanes of at least 4 members (excludes halogenated alkanes) is 5. The molecule has 0 radical (unpaired) electrons. The summed E-state index contributed by atoms with van der Waals surface area (Å²) in [5, 5.41) is 26.9. The molecule has 2 rings (SSSR count). The van der Waals surface area contributed by atoms with Crippen LogP contribution in [0.1, 0.15) is 51.4 Å². The van der Waals surface area contributed by atoms with Gasteiger partial charge in [-0.15, -0.1) is 5.10 Å². The van der Waals surface area contributed by atoms with E-state index in [2.05, 4.69) is 15.4 Å². The number of hydrogen-bond donors (Lipinski definition) is 3. The number of aromatic amines is 1. The fourth-order valence-corrected chi connectivity index (χ4v) is 2.05. The highest BCUT2D eigenvalue weighted by Gasteiger charge is 1.98. The standard InChI is InChI=1S/C10H18O4.C6H5N3/c11-9(12)7-5-3-1-2-4-6-8-10(13)14;1-2-4-6-5(3-1)7-9-8-6/h1-8H2,(H,11,12)(H,13,14);1-4H,(H,7,8,9). The van der Waals surface area contributed by atoms with Crippen molar-refractivity contribution in [1.29, 1.82) is 0 Å². The molecule has 0 spiro atoms. The Morgan fingerprint density at radius 3 is 1.91 bits per heavy atom. The maximum Gasteiger partial charge on any atom is 0.303 e. The molecule has 0 saturated heterocycles. The lowest BCUT2D eigenvalue weighted by atomic mass is 10.1. The first-order valence-corrected chi connectivity index (χ1v) is 7.79. The molecule has 0 bridgehead atoms. The smallest absolute Gasteiger partial charge is 0.303 e. The zero-order chi connectivity index (χ0) is 16.9. The summed E-state index contributed by atoms with van der Waals surface area (Å²) in [6.45, 7) is 0. The zero-order valence-electron chi connectivity index (χ0n) is 13.1. The third kappa shape index (κ3) is 9.23. The third-order valence-corrected chi connectivity index (χ3v) is 3.26. The molecule has 23 heavy (non-hydrogen) atoms. The Hall–Kier alpha value is -2.44. The highest BCUT2D eigenvalue weighted by molar-refractivity contribution is 5.72. The van der Waals surface area contributed by atoms with E-state index in [9.17, 15) is 9.59 Å². The highest BCUT2D eigenvalue weighted by Crippen LogP contribution is 2.08. The number of nitrogens with zero attached hydrogens (tertiary/aromatic N) is 2. The largest absolute Gasteiger partial charge is 0.481 e. The van der Waals surface area contributed by atoms with Gasteiger partial charge in [0.25, 0.3) is 0 Å². The van der Waals surface area contributed by atoms with Crippen molar-refractivity contribution in [2.24, 2.45) is 0 Å². The van der Waals surface area contributed by atoms with Crippen LogP contribution in [-0.2, 0) is 9.59 Å². The van der Waals surface area contributed by atoms with Crippen LogP contribution in [0.4, 0.5) is 0 Å². The molecule has 2 aromatic rings. The lowest BCUT2D eigenvalue weighted by Crippen LogP contribution is -1.94. The van der Waals surface area contributed by atoms with E-state index in [-0.39, 0.29) is 12.8 Å². The molecule has 0 aliphatic rings. The molecular weight excluding hydrogens is 298 g/mol. The number of carboxylic acid groups (broad SMARTS) is 2. The lowest BCUT2D eigenvalue weighted by molar-refractivity contribution is -0.138. The summed E-state index contributed by atoms with van der Waals surface area (Å²) < 4.78 is 0. The Morgan fingerprint density at radius 1 is 0.870 bits per heavy atom. The van der Waals surface area contributed by atoms with E-state index in [1.54, 1.807) is 0 Å². The van der Waals surface area contributed by atoms with Gasteiger partial charge in [-0.3, -0.25) is 14.7 Å². The normalized spacial score (nSPS) is 10.1. The van der Waals surface area contributed by atoms with Crippen LogP contribution in [0.15, 0.2) is 24.3 Å². The Labute approximate surface area is 134 Å². The van der Waals surface area contributed by atoms with Crippen molar-refractivity contribution in [3.8, 4) is 0 Å². The summed E-state index contributed by atoms with van der Waals surface area (Å²) in [4.78, 5) is 20.3. The molecule has 1 aromatic heterocycles. The minimum atomic E-state index is -0.740. The number of fused-ring (bicyclic) bond motifs is 1. The first-order chi connectivity index (χ1) is 11.1. The first-order valence-electron chi connectivity index (χ1n) is 7.79. The van der Waals surface area contributed by atoms with Crippen LogP contribution in [0, 0.1) is 0 Å². The average Bonchev–Trinajstić information content (AvgIpc) is 2.98. The van der Waals surface area contributed by atoms with E-state index in [0.717, 1.165) is 49.6 Å². The third-order valence-electron chi connectivity index (χ3n) is 3.26. The van der Waals surface area contributed by atoms with Gasteiger partial charge >= 0.3 is 11.9 Å². The minimum absolute atomic E-state index is 0.245. The van der Waals surface area contributed by atoms with Crippen LogP contribution in [0.25, 0.3) is 11.0 Å². The molecule has 0 aliphatic carbocycles. The van der Waals surface area contributed by atoms with E-state index in [0.29, 0.717) is 0 Å². The number of carboxylic acids is 2. The predicted octanol–water partition coefficient (Wildman–Crippen LogP) is 3.23. The maximum atomic E-state index is 10.1.